The molecule has 0 radical (unpaired) electrons. The molecule has 0 bridgehead atoms. The third kappa shape index (κ3) is 4.98. The smallest absolute Gasteiger partial charge is 0.344 e. The van der Waals surface area contributed by atoms with E-state index in [2.05, 4.69) is 10.4 Å². The molecule has 1 aromatic heterocycles. The van der Waals surface area contributed by atoms with Crippen molar-refractivity contribution in [2.45, 2.75) is 13.0 Å². The van der Waals surface area contributed by atoms with Gasteiger partial charge in [-0.25, -0.2) is 4.79 Å². The van der Waals surface area contributed by atoms with Gasteiger partial charge in [0.1, 0.15) is 5.75 Å². The van der Waals surface area contributed by atoms with E-state index in [1.807, 2.05) is 0 Å². The van der Waals surface area contributed by atoms with Gasteiger partial charge in [0, 0.05) is 18.0 Å². The molecule has 1 saturated heterocycles. The van der Waals surface area contributed by atoms with Crippen molar-refractivity contribution < 1.29 is 24.2 Å². The zero-order valence-electron chi connectivity index (χ0n) is 15.1. The van der Waals surface area contributed by atoms with Gasteiger partial charge >= 0.3 is 5.97 Å². The van der Waals surface area contributed by atoms with E-state index in [9.17, 15) is 14.4 Å². The molecule has 1 atom stereocenters. The van der Waals surface area contributed by atoms with Gasteiger partial charge in [-0.15, -0.1) is 0 Å². The van der Waals surface area contributed by atoms with E-state index in [0.29, 0.717) is 21.8 Å². The van der Waals surface area contributed by atoms with Crippen LogP contribution in [0.2, 0.25) is 0 Å². The van der Waals surface area contributed by atoms with Crippen LogP contribution in [0.25, 0.3) is 6.08 Å². The molecule has 29 heavy (non-hydrogen) atoms. The molecule has 2 amide bonds. The van der Waals surface area contributed by atoms with E-state index >= 15 is 0 Å². The molecule has 2 aromatic rings. The highest BCUT2D eigenvalue weighted by atomic mass is 32.2. The summed E-state index contributed by atoms with van der Waals surface area (Å²) in [5.74, 6) is -1.67. The number of aliphatic carboxylic acids is 1. The number of aromatic nitrogens is 1. The van der Waals surface area contributed by atoms with Gasteiger partial charge < -0.3 is 9.84 Å². The zero-order valence-corrected chi connectivity index (χ0v) is 16.7. The minimum absolute atomic E-state index is 0.190. The number of carboxylic acid groups (broad SMARTS) is 1. The quantitative estimate of drug-likeness (QED) is 0.533. The van der Waals surface area contributed by atoms with E-state index in [1.54, 1.807) is 30.3 Å². The monoisotopic (exact) mass is 429 g/mol. The van der Waals surface area contributed by atoms with Gasteiger partial charge in [0.2, 0.25) is 0 Å². The molecule has 2 heterocycles. The van der Waals surface area contributed by atoms with E-state index in [1.165, 1.54) is 31.5 Å². The van der Waals surface area contributed by atoms with Gasteiger partial charge in [0.25, 0.3) is 11.8 Å². The van der Waals surface area contributed by atoms with Crippen LogP contribution in [0, 0.1) is 0 Å². The van der Waals surface area contributed by atoms with E-state index in [4.69, 9.17) is 22.1 Å². The molecule has 8 nitrogen and oxygen atoms in total. The summed E-state index contributed by atoms with van der Waals surface area (Å²) in [5.41, 5.74) is 3.45. The topological polar surface area (TPSA) is 109 Å². The molecule has 1 aliphatic heterocycles. The highest BCUT2D eigenvalue weighted by Crippen LogP contribution is 2.32. The van der Waals surface area contributed by atoms with Crippen LogP contribution in [0.4, 0.5) is 0 Å². The van der Waals surface area contributed by atoms with Gasteiger partial charge in [0.15, 0.2) is 10.4 Å². The second-order valence-electron chi connectivity index (χ2n) is 5.86. The molecule has 0 aliphatic carbocycles. The molecule has 3 rings (SSSR count). The number of carbonyl (C=O) groups is 3. The van der Waals surface area contributed by atoms with Crippen LogP contribution in [-0.2, 0) is 9.59 Å². The molecular formula is C19H15N3O5S2. The van der Waals surface area contributed by atoms with Gasteiger partial charge in [-0.1, -0.05) is 23.9 Å². The number of hydrogen-bond acceptors (Lipinski definition) is 7. The number of pyridine rings is 1. The Kier molecular flexibility index (Phi) is 6.25. The van der Waals surface area contributed by atoms with Crippen LogP contribution in [0.3, 0.4) is 0 Å². The first-order valence-electron chi connectivity index (χ1n) is 8.33. The maximum Gasteiger partial charge on any atom is 0.344 e. The lowest BCUT2D eigenvalue weighted by Gasteiger charge is -2.15. The number of hydrazine groups is 1. The molecule has 1 unspecified atom stereocenters. The fourth-order valence-corrected chi connectivity index (χ4v) is 3.50. The van der Waals surface area contributed by atoms with Gasteiger partial charge in [-0.05, 0) is 55.0 Å². The van der Waals surface area contributed by atoms with Crippen molar-refractivity contribution in [3.05, 3.63) is 64.8 Å². The highest BCUT2D eigenvalue weighted by molar-refractivity contribution is 8.26. The molecule has 2 N–H and O–H groups in total. The number of carbonyl (C=O) groups excluding carboxylic acids is 2. The van der Waals surface area contributed by atoms with Crippen molar-refractivity contribution in [1.29, 1.82) is 0 Å². The van der Waals surface area contributed by atoms with Crippen molar-refractivity contribution in [3.63, 3.8) is 0 Å². The molecule has 1 fully saturated rings. The lowest BCUT2D eigenvalue weighted by Crippen LogP contribution is -2.44. The number of nitrogens with one attached hydrogen (secondary N) is 1. The number of benzene rings is 1. The number of ether oxygens (including phenoxy) is 1. The Balaban J connectivity index is 1.74. The number of carboxylic acids is 1. The first-order chi connectivity index (χ1) is 13.8. The molecule has 10 heteroatoms. The van der Waals surface area contributed by atoms with Crippen LogP contribution < -0.4 is 10.2 Å². The summed E-state index contributed by atoms with van der Waals surface area (Å²) in [7, 11) is 0. The SMILES string of the molecule is CC(Oc1cccc(/C=C2/SC(=S)N(NC(=O)c3ccncc3)C2=O)c1)C(=O)O. The summed E-state index contributed by atoms with van der Waals surface area (Å²) in [5, 5.41) is 9.96. The molecule has 1 aromatic carbocycles. The van der Waals surface area contributed by atoms with Gasteiger partial charge in [0.05, 0.1) is 4.91 Å². The summed E-state index contributed by atoms with van der Waals surface area (Å²) in [4.78, 5) is 40.0. The summed E-state index contributed by atoms with van der Waals surface area (Å²) in [6, 6.07) is 9.69. The zero-order chi connectivity index (χ0) is 21.0. The molecule has 1 aliphatic rings. The number of nitrogens with zero attached hydrogens (tertiary/aromatic N) is 2. The summed E-state index contributed by atoms with van der Waals surface area (Å²) < 4.78 is 5.52. The fraction of sp³-hybridized carbons (Fsp3) is 0.105. The lowest BCUT2D eigenvalue weighted by molar-refractivity contribution is -0.144. The Hall–Kier alpha value is -3.24. The van der Waals surface area contributed by atoms with Crippen molar-refractivity contribution in [2.24, 2.45) is 0 Å². The average molecular weight is 429 g/mol. The number of thioether (sulfide) groups is 1. The first-order valence-corrected chi connectivity index (χ1v) is 9.56. The van der Waals surface area contributed by atoms with Crippen LogP contribution >= 0.6 is 24.0 Å². The molecule has 0 spiro atoms. The van der Waals surface area contributed by atoms with Crippen LogP contribution in [0.5, 0.6) is 5.75 Å². The maximum atomic E-state index is 12.7. The number of thiocarbonyl (C=S) groups is 1. The standard InChI is InChI=1S/C19H15N3O5S2/c1-11(18(25)26)27-14-4-2-3-12(9-14)10-15-17(24)22(19(28)29-15)21-16(23)13-5-7-20-8-6-13/h2-11H,1H3,(H,21,23)(H,25,26)/b15-10+. The molecular weight excluding hydrogens is 414 g/mol. The molecule has 148 valence electrons. The Morgan fingerprint density at radius 3 is 2.72 bits per heavy atom. The highest BCUT2D eigenvalue weighted by Gasteiger charge is 2.33. The predicted molar refractivity (Wildman–Crippen MR) is 111 cm³/mol. The van der Waals surface area contributed by atoms with Crippen LogP contribution in [0.15, 0.2) is 53.7 Å². The van der Waals surface area contributed by atoms with Crippen molar-refractivity contribution in [2.75, 3.05) is 0 Å². The Morgan fingerprint density at radius 2 is 2.03 bits per heavy atom. The average Bonchev–Trinajstić information content (AvgIpc) is 2.96. The van der Waals surface area contributed by atoms with Gasteiger partial charge in [-0.3, -0.25) is 20.0 Å². The summed E-state index contributed by atoms with van der Waals surface area (Å²) >= 11 is 6.25. The second-order valence-corrected chi connectivity index (χ2v) is 7.54. The Labute approximate surface area is 175 Å². The third-order valence-corrected chi connectivity index (χ3v) is 5.07. The summed E-state index contributed by atoms with van der Waals surface area (Å²) in [6.07, 6.45) is 3.53. The van der Waals surface area contributed by atoms with E-state index < -0.39 is 23.9 Å². The fourth-order valence-electron chi connectivity index (χ4n) is 2.32. The Bertz CT molecular complexity index is 1010. The van der Waals surface area contributed by atoms with Crippen LogP contribution in [-0.4, -0.2) is 43.3 Å². The maximum absolute atomic E-state index is 12.7. The Morgan fingerprint density at radius 1 is 1.31 bits per heavy atom. The van der Waals surface area contributed by atoms with Crippen molar-refractivity contribution in [3.8, 4) is 5.75 Å². The number of hydrogen-bond donors (Lipinski definition) is 2. The van der Waals surface area contributed by atoms with Crippen LogP contribution in [0.1, 0.15) is 22.8 Å². The second kappa shape index (κ2) is 8.84. The minimum atomic E-state index is -1.08. The largest absolute Gasteiger partial charge is 0.479 e. The van der Waals surface area contributed by atoms with Crippen molar-refractivity contribution >= 4 is 52.2 Å². The first kappa shape index (κ1) is 20.5. The number of rotatable bonds is 6. The van der Waals surface area contributed by atoms with E-state index in [0.717, 1.165) is 16.8 Å². The van der Waals surface area contributed by atoms with E-state index in [-0.39, 0.29) is 4.32 Å². The third-order valence-electron chi connectivity index (χ3n) is 3.77. The minimum Gasteiger partial charge on any atom is -0.479 e. The predicted octanol–water partition coefficient (Wildman–Crippen LogP) is 2.48. The van der Waals surface area contributed by atoms with Gasteiger partial charge in [-0.2, -0.15) is 5.01 Å². The van der Waals surface area contributed by atoms with Crippen molar-refractivity contribution in [1.82, 2.24) is 15.4 Å². The number of amides is 2. The molecule has 0 saturated carbocycles. The lowest BCUT2D eigenvalue weighted by atomic mass is 10.2. The summed E-state index contributed by atoms with van der Waals surface area (Å²) in [6.45, 7) is 1.42. The normalized spacial score (nSPS) is 16.0.